The van der Waals surface area contributed by atoms with Crippen LogP contribution in [-0.2, 0) is 6.54 Å². The van der Waals surface area contributed by atoms with Crippen molar-refractivity contribution in [1.82, 2.24) is 30.8 Å². The van der Waals surface area contributed by atoms with Gasteiger partial charge < -0.3 is 10.6 Å². The zero-order valence-electron chi connectivity index (χ0n) is 10.1. The summed E-state index contributed by atoms with van der Waals surface area (Å²) in [6.45, 7) is 0.776. The number of urea groups is 1. The molecule has 0 unspecified atom stereocenters. The summed E-state index contributed by atoms with van der Waals surface area (Å²) in [5, 5.41) is 17.0. The predicted octanol–water partition coefficient (Wildman–Crippen LogP) is 0.826. The van der Waals surface area contributed by atoms with E-state index < -0.39 is 0 Å². The zero-order chi connectivity index (χ0) is 12.8. The van der Waals surface area contributed by atoms with Crippen LogP contribution < -0.4 is 10.6 Å². The molecule has 0 atom stereocenters. The first-order valence-electron chi connectivity index (χ1n) is 6.15. The lowest BCUT2D eigenvalue weighted by atomic mass is 10.2. The number of tetrazole rings is 1. The Morgan fingerprint density at radius 1 is 1.39 bits per heavy atom. The van der Waals surface area contributed by atoms with Gasteiger partial charge >= 0.3 is 6.03 Å². The smallest absolute Gasteiger partial charge is 0.315 e. The fraction of sp³-hybridized carbons (Fsp3) is 0.800. The van der Waals surface area contributed by atoms with Gasteiger partial charge in [-0.2, -0.15) is 0 Å². The second-order valence-corrected chi connectivity index (χ2v) is 4.65. The van der Waals surface area contributed by atoms with Crippen molar-refractivity contribution in [1.29, 1.82) is 0 Å². The molecule has 2 rings (SSSR count). The Hall–Kier alpha value is -1.37. The Morgan fingerprint density at radius 3 is 2.89 bits per heavy atom. The van der Waals surface area contributed by atoms with Gasteiger partial charge in [-0.15, -0.1) is 16.7 Å². The quantitative estimate of drug-likeness (QED) is 0.778. The zero-order valence-corrected chi connectivity index (χ0v) is 10.9. The van der Waals surface area contributed by atoms with Gasteiger partial charge in [0.25, 0.3) is 0 Å². The number of halogens is 1. The number of nitrogens with zero attached hydrogens (tertiary/aromatic N) is 4. The van der Waals surface area contributed by atoms with Crippen LogP contribution in [0.1, 0.15) is 37.5 Å². The van der Waals surface area contributed by atoms with E-state index in [1.807, 2.05) is 4.68 Å². The van der Waals surface area contributed by atoms with Crippen LogP contribution in [0.3, 0.4) is 0 Å². The van der Waals surface area contributed by atoms with Crippen molar-refractivity contribution >= 4 is 17.6 Å². The maximum Gasteiger partial charge on any atom is 0.315 e. The molecule has 100 valence electrons. The molecule has 1 fully saturated rings. The van der Waals surface area contributed by atoms with Crippen LogP contribution in [0.5, 0.6) is 0 Å². The lowest BCUT2D eigenvalue weighted by molar-refractivity contribution is 0.240. The van der Waals surface area contributed by atoms with Gasteiger partial charge in [0.2, 0.25) is 0 Å². The maximum atomic E-state index is 11.4. The molecule has 0 aliphatic heterocycles. The molecule has 18 heavy (non-hydrogen) atoms. The minimum Gasteiger partial charge on any atom is -0.337 e. The summed E-state index contributed by atoms with van der Waals surface area (Å²) < 4.78 is 1.83. The van der Waals surface area contributed by atoms with Gasteiger partial charge in [0.05, 0.1) is 12.6 Å². The number of carbonyl (C=O) groups excluding carboxylic acids is 1. The summed E-state index contributed by atoms with van der Waals surface area (Å²) in [5.74, 6) is 1.09. The van der Waals surface area contributed by atoms with Crippen molar-refractivity contribution in [3.63, 3.8) is 0 Å². The fourth-order valence-electron chi connectivity index (χ4n) is 2.14. The van der Waals surface area contributed by atoms with Crippen LogP contribution in [0.4, 0.5) is 4.79 Å². The average Bonchev–Trinajstić information content (AvgIpc) is 3.03. The first-order chi connectivity index (χ1) is 8.81. The molecule has 0 spiro atoms. The van der Waals surface area contributed by atoms with E-state index in [0.29, 0.717) is 30.8 Å². The Labute approximate surface area is 110 Å². The van der Waals surface area contributed by atoms with Crippen LogP contribution in [0.15, 0.2) is 0 Å². The van der Waals surface area contributed by atoms with Gasteiger partial charge in [0.1, 0.15) is 0 Å². The first-order valence-corrected chi connectivity index (χ1v) is 6.69. The monoisotopic (exact) mass is 272 g/mol. The maximum absolute atomic E-state index is 11.4. The van der Waals surface area contributed by atoms with Crippen molar-refractivity contribution in [2.75, 3.05) is 12.4 Å². The van der Waals surface area contributed by atoms with E-state index in [-0.39, 0.29) is 6.03 Å². The summed E-state index contributed by atoms with van der Waals surface area (Å²) in [7, 11) is 0. The molecule has 0 saturated heterocycles. The van der Waals surface area contributed by atoms with Crippen LogP contribution in [0.2, 0.25) is 0 Å². The summed E-state index contributed by atoms with van der Waals surface area (Å²) in [6, 6.07) is 0.124. The molecule has 1 aliphatic carbocycles. The van der Waals surface area contributed by atoms with Crippen LogP contribution >= 0.6 is 11.6 Å². The molecule has 8 heteroatoms. The SMILES string of the molecule is O=C(NCCCl)NCc1nnnn1C1CCCC1. The number of carbonyl (C=O) groups is 1. The number of hydrogen-bond acceptors (Lipinski definition) is 4. The van der Waals surface area contributed by atoms with E-state index in [1.54, 1.807) is 0 Å². The Kier molecular flexibility index (Phi) is 4.74. The molecule has 2 N–H and O–H groups in total. The Morgan fingerprint density at radius 2 is 2.17 bits per heavy atom. The van der Waals surface area contributed by atoms with Crippen LogP contribution in [-0.4, -0.2) is 38.7 Å². The standard InChI is InChI=1S/C10H17ClN6O/c11-5-6-12-10(18)13-7-9-14-15-16-17(9)8-3-1-2-4-8/h8H,1-7H2,(H2,12,13,18). The van der Waals surface area contributed by atoms with Crippen molar-refractivity contribution in [3.05, 3.63) is 5.82 Å². The second kappa shape index (κ2) is 6.53. The molecule has 1 aromatic rings. The topological polar surface area (TPSA) is 84.7 Å². The lowest BCUT2D eigenvalue weighted by Gasteiger charge is -2.11. The van der Waals surface area contributed by atoms with E-state index in [4.69, 9.17) is 11.6 Å². The molecule has 0 aromatic carbocycles. The summed E-state index contributed by atoms with van der Waals surface area (Å²) in [6.07, 6.45) is 4.65. The van der Waals surface area contributed by atoms with Gasteiger partial charge in [-0.1, -0.05) is 12.8 Å². The molecule has 7 nitrogen and oxygen atoms in total. The third-order valence-electron chi connectivity index (χ3n) is 3.02. The lowest BCUT2D eigenvalue weighted by Crippen LogP contribution is -2.36. The molecule has 2 amide bonds. The molecule has 0 bridgehead atoms. The highest BCUT2D eigenvalue weighted by Gasteiger charge is 2.21. The minimum atomic E-state index is -0.253. The minimum absolute atomic E-state index is 0.253. The van der Waals surface area contributed by atoms with E-state index in [2.05, 4.69) is 26.2 Å². The molecule has 1 saturated carbocycles. The number of nitrogens with one attached hydrogen (secondary N) is 2. The van der Waals surface area contributed by atoms with Crippen LogP contribution in [0.25, 0.3) is 0 Å². The number of amides is 2. The largest absolute Gasteiger partial charge is 0.337 e. The van der Waals surface area contributed by atoms with Crippen molar-refractivity contribution in [2.24, 2.45) is 0 Å². The van der Waals surface area contributed by atoms with Gasteiger partial charge in [-0.05, 0) is 23.3 Å². The van der Waals surface area contributed by atoms with E-state index >= 15 is 0 Å². The highest BCUT2D eigenvalue weighted by atomic mass is 35.5. The Bertz CT molecular complexity index is 389. The van der Waals surface area contributed by atoms with Gasteiger partial charge in [-0.25, -0.2) is 9.48 Å². The summed E-state index contributed by atoms with van der Waals surface area (Å²) >= 11 is 5.48. The second-order valence-electron chi connectivity index (χ2n) is 4.28. The molecular formula is C10H17ClN6O. The summed E-state index contributed by atoms with van der Waals surface area (Å²) in [5.41, 5.74) is 0. The van der Waals surface area contributed by atoms with E-state index in [9.17, 15) is 4.79 Å². The number of rotatable bonds is 5. The highest BCUT2D eigenvalue weighted by molar-refractivity contribution is 6.18. The number of aromatic nitrogens is 4. The highest BCUT2D eigenvalue weighted by Crippen LogP contribution is 2.28. The number of alkyl halides is 1. The molecule has 1 aliphatic rings. The molecule has 0 radical (unpaired) electrons. The van der Waals surface area contributed by atoms with E-state index in [1.165, 1.54) is 12.8 Å². The van der Waals surface area contributed by atoms with Gasteiger partial charge in [0.15, 0.2) is 5.82 Å². The molecular weight excluding hydrogens is 256 g/mol. The normalized spacial score (nSPS) is 15.8. The number of hydrogen-bond donors (Lipinski definition) is 2. The third-order valence-corrected chi connectivity index (χ3v) is 3.21. The fourth-order valence-corrected chi connectivity index (χ4v) is 2.24. The molecule has 1 heterocycles. The summed E-state index contributed by atoms with van der Waals surface area (Å²) in [4.78, 5) is 11.4. The van der Waals surface area contributed by atoms with E-state index in [0.717, 1.165) is 12.8 Å². The molecule has 1 aromatic heterocycles. The Balaban J connectivity index is 1.85. The van der Waals surface area contributed by atoms with Gasteiger partial charge in [-0.3, -0.25) is 0 Å². The third kappa shape index (κ3) is 3.32. The average molecular weight is 273 g/mol. The van der Waals surface area contributed by atoms with Crippen molar-refractivity contribution < 1.29 is 4.79 Å². The first kappa shape index (κ1) is 13.1. The van der Waals surface area contributed by atoms with Crippen molar-refractivity contribution in [3.8, 4) is 0 Å². The van der Waals surface area contributed by atoms with Gasteiger partial charge in [0, 0.05) is 12.4 Å². The van der Waals surface area contributed by atoms with Crippen molar-refractivity contribution in [2.45, 2.75) is 38.3 Å². The predicted molar refractivity (Wildman–Crippen MR) is 66.3 cm³/mol. The van der Waals surface area contributed by atoms with Crippen LogP contribution in [0, 0.1) is 0 Å².